The molecule has 0 saturated carbocycles. The number of pyridine rings is 1. The maximum atomic E-state index is 12.8. The van der Waals surface area contributed by atoms with E-state index in [4.69, 9.17) is 0 Å². The van der Waals surface area contributed by atoms with Gasteiger partial charge in [-0.15, -0.1) is 0 Å². The van der Waals surface area contributed by atoms with Gasteiger partial charge in [-0.25, -0.2) is 4.98 Å². The Morgan fingerprint density at radius 1 is 1.14 bits per heavy atom. The van der Waals surface area contributed by atoms with Crippen LogP contribution in [0.15, 0.2) is 52.1 Å². The van der Waals surface area contributed by atoms with Crippen LogP contribution in [-0.2, 0) is 0 Å². The molecular weight excluding hydrogens is 346 g/mol. The summed E-state index contributed by atoms with van der Waals surface area (Å²) in [4.78, 5) is 21.1. The molecule has 0 amide bonds. The summed E-state index contributed by atoms with van der Waals surface area (Å²) in [6, 6.07) is 9.52. The van der Waals surface area contributed by atoms with E-state index in [1.54, 1.807) is 15.3 Å². The highest BCUT2D eigenvalue weighted by Gasteiger charge is 2.12. The SMILES string of the molecule is Cc1cc2c(cnc3ncnn32)c(=O)n1-c1ccc(Br)cc1. The molecular formula is C15H10BrN5O. The summed E-state index contributed by atoms with van der Waals surface area (Å²) in [7, 11) is 0. The van der Waals surface area contributed by atoms with Crippen LogP contribution in [0.2, 0.25) is 0 Å². The molecule has 0 atom stereocenters. The molecule has 108 valence electrons. The number of rotatable bonds is 1. The Balaban J connectivity index is 2.10. The number of aryl methyl sites for hydroxylation is 1. The van der Waals surface area contributed by atoms with Crippen molar-refractivity contribution in [3.63, 3.8) is 0 Å². The van der Waals surface area contributed by atoms with Gasteiger partial charge in [0.2, 0.25) is 0 Å². The first-order valence-corrected chi connectivity index (χ1v) is 7.41. The van der Waals surface area contributed by atoms with Crippen molar-refractivity contribution in [3.05, 3.63) is 63.4 Å². The van der Waals surface area contributed by atoms with Gasteiger partial charge in [0.15, 0.2) is 0 Å². The quantitative estimate of drug-likeness (QED) is 0.526. The van der Waals surface area contributed by atoms with Gasteiger partial charge >= 0.3 is 0 Å². The van der Waals surface area contributed by atoms with Gasteiger partial charge in [-0.1, -0.05) is 15.9 Å². The van der Waals surface area contributed by atoms with Crippen LogP contribution in [0.25, 0.3) is 22.4 Å². The van der Waals surface area contributed by atoms with Gasteiger partial charge in [0.05, 0.1) is 10.9 Å². The standard InChI is InChI=1S/C15H10BrN5O/c1-9-6-13-12(7-17-15-18-8-19-21(13)15)14(22)20(9)11-4-2-10(16)3-5-11/h2-8H,1H3. The number of aromatic nitrogens is 5. The number of hydrogen-bond acceptors (Lipinski definition) is 4. The van der Waals surface area contributed by atoms with E-state index >= 15 is 0 Å². The van der Waals surface area contributed by atoms with Crippen molar-refractivity contribution in [1.29, 1.82) is 0 Å². The van der Waals surface area contributed by atoms with E-state index < -0.39 is 0 Å². The number of fused-ring (bicyclic) bond motifs is 3. The zero-order chi connectivity index (χ0) is 15.3. The van der Waals surface area contributed by atoms with E-state index in [2.05, 4.69) is 31.0 Å². The number of halogens is 1. The predicted octanol–water partition coefficient (Wildman–Crippen LogP) is 2.50. The molecule has 0 spiro atoms. The smallest absolute Gasteiger partial charge is 0.266 e. The lowest BCUT2D eigenvalue weighted by molar-refractivity contribution is 0.926. The molecule has 7 heteroatoms. The maximum absolute atomic E-state index is 12.8. The summed E-state index contributed by atoms with van der Waals surface area (Å²) < 4.78 is 4.21. The van der Waals surface area contributed by atoms with Gasteiger partial charge in [-0.3, -0.25) is 9.36 Å². The van der Waals surface area contributed by atoms with Crippen molar-refractivity contribution in [1.82, 2.24) is 24.1 Å². The molecule has 0 aliphatic rings. The topological polar surface area (TPSA) is 65.1 Å². The Labute approximate surface area is 133 Å². The fraction of sp³-hybridized carbons (Fsp3) is 0.0667. The van der Waals surface area contributed by atoms with Crippen LogP contribution in [0.1, 0.15) is 5.69 Å². The van der Waals surface area contributed by atoms with E-state index in [0.717, 1.165) is 15.9 Å². The summed E-state index contributed by atoms with van der Waals surface area (Å²) in [6.45, 7) is 1.89. The van der Waals surface area contributed by atoms with Crippen LogP contribution in [0.4, 0.5) is 0 Å². The molecule has 3 aromatic heterocycles. The van der Waals surface area contributed by atoms with Gasteiger partial charge in [0.25, 0.3) is 11.3 Å². The third-order valence-electron chi connectivity index (χ3n) is 3.56. The van der Waals surface area contributed by atoms with Crippen molar-refractivity contribution in [3.8, 4) is 5.69 Å². The monoisotopic (exact) mass is 355 g/mol. The maximum Gasteiger partial charge on any atom is 0.266 e. The zero-order valence-corrected chi connectivity index (χ0v) is 13.1. The van der Waals surface area contributed by atoms with Crippen LogP contribution in [-0.4, -0.2) is 24.1 Å². The van der Waals surface area contributed by atoms with Gasteiger partial charge in [0.1, 0.15) is 6.33 Å². The second kappa shape index (κ2) is 4.74. The summed E-state index contributed by atoms with van der Waals surface area (Å²) in [5.41, 5.74) is 2.22. The molecule has 0 fully saturated rings. The molecule has 0 bridgehead atoms. The van der Waals surface area contributed by atoms with Gasteiger partial charge < -0.3 is 0 Å². The Morgan fingerprint density at radius 2 is 1.91 bits per heavy atom. The van der Waals surface area contributed by atoms with Crippen LogP contribution >= 0.6 is 15.9 Å². The van der Waals surface area contributed by atoms with E-state index in [1.165, 1.54) is 6.33 Å². The first-order valence-electron chi connectivity index (χ1n) is 6.62. The molecule has 0 radical (unpaired) electrons. The molecule has 4 aromatic rings. The van der Waals surface area contributed by atoms with E-state index in [9.17, 15) is 4.79 Å². The van der Waals surface area contributed by atoms with Crippen LogP contribution in [0, 0.1) is 6.92 Å². The molecule has 0 saturated heterocycles. The summed E-state index contributed by atoms with van der Waals surface area (Å²) >= 11 is 3.40. The normalized spacial score (nSPS) is 11.4. The molecule has 0 N–H and O–H groups in total. The summed E-state index contributed by atoms with van der Waals surface area (Å²) in [6.07, 6.45) is 2.98. The van der Waals surface area contributed by atoms with Crippen LogP contribution in [0.5, 0.6) is 0 Å². The molecule has 0 aliphatic carbocycles. The highest BCUT2D eigenvalue weighted by Crippen LogP contribution is 2.17. The number of nitrogens with zero attached hydrogens (tertiary/aromatic N) is 5. The van der Waals surface area contributed by atoms with Gasteiger partial charge in [-0.2, -0.15) is 14.6 Å². The Bertz CT molecular complexity index is 1070. The lowest BCUT2D eigenvalue weighted by Crippen LogP contribution is -2.21. The average molecular weight is 356 g/mol. The highest BCUT2D eigenvalue weighted by atomic mass is 79.9. The molecule has 22 heavy (non-hydrogen) atoms. The Morgan fingerprint density at radius 3 is 2.68 bits per heavy atom. The van der Waals surface area contributed by atoms with E-state index in [1.807, 2.05) is 37.3 Å². The fourth-order valence-corrected chi connectivity index (χ4v) is 2.82. The minimum absolute atomic E-state index is 0.123. The third kappa shape index (κ3) is 1.86. The lowest BCUT2D eigenvalue weighted by Gasteiger charge is -2.12. The largest absolute Gasteiger partial charge is 0.281 e. The molecule has 0 aliphatic heterocycles. The predicted molar refractivity (Wildman–Crippen MR) is 86.3 cm³/mol. The van der Waals surface area contributed by atoms with Crippen molar-refractivity contribution >= 4 is 32.6 Å². The van der Waals surface area contributed by atoms with Crippen molar-refractivity contribution in [2.75, 3.05) is 0 Å². The molecule has 4 rings (SSSR count). The first kappa shape index (κ1) is 13.1. The molecule has 1 aromatic carbocycles. The van der Waals surface area contributed by atoms with Crippen LogP contribution in [0.3, 0.4) is 0 Å². The lowest BCUT2D eigenvalue weighted by atomic mass is 10.2. The molecule has 3 heterocycles. The Hall–Kier alpha value is -2.54. The zero-order valence-electron chi connectivity index (χ0n) is 11.6. The van der Waals surface area contributed by atoms with E-state index in [-0.39, 0.29) is 5.56 Å². The third-order valence-corrected chi connectivity index (χ3v) is 4.09. The van der Waals surface area contributed by atoms with Crippen LogP contribution < -0.4 is 5.56 Å². The second-order valence-corrected chi connectivity index (χ2v) is 5.85. The minimum atomic E-state index is -0.123. The number of benzene rings is 1. The second-order valence-electron chi connectivity index (χ2n) is 4.93. The van der Waals surface area contributed by atoms with Crippen molar-refractivity contribution < 1.29 is 0 Å². The average Bonchev–Trinajstić information content (AvgIpc) is 2.98. The van der Waals surface area contributed by atoms with Gasteiger partial charge in [-0.05, 0) is 37.3 Å². The molecule has 0 unspecified atom stereocenters. The highest BCUT2D eigenvalue weighted by molar-refractivity contribution is 9.10. The van der Waals surface area contributed by atoms with E-state index in [0.29, 0.717) is 16.7 Å². The van der Waals surface area contributed by atoms with Crippen molar-refractivity contribution in [2.45, 2.75) is 6.92 Å². The fourth-order valence-electron chi connectivity index (χ4n) is 2.55. The summed E-state index contributed by atoms with van der Waals surface area (Å²) in [5, 5.41) is 4.64. The first-order chi connectivity index (χ1) is 10.6. The van der Waals surface area contributed by atoms with Gasteiger partial charge in [0, 0.05) is 22.1 Å². The minimum Gasteiger partial charge on any atom is -0.281 e. The Kier molecular flexibility index (Phi) is 2.83. The number of hydrogen-bond donors (Lipinski definition) is 0. The van der Waals surface area contributed by atoms with Crippen molar-refractivity contribution in [2.24, 2.45) is 0 Å². The molecule has 6 nitrogen and oxygen atoms in total. The summed E-state index contributed by atoms with van der Waals surface area (Å²) in [5.74, 6) is 0.479.